The van der Waals surface area contributed by atoms with Gasteiger partial charge in [0.2, 0.25) is 0 Å². The minimum atomic E-state index is 0.979. The Balaban J connectivity index is 1.77. The van der Waals surface area contributed by atoms with E-state index in [4.69, 9.17) is 0 Å². The maximum absolute atomic E-state index is 3.30. The molecule has 0 amide bonds. The number of benzene rings is 1. The Morgan fingerprint density at radius 2 is 1.91 bits per heavy atom. The molecule has 2 heteroatoms. The van der Waals surface area contributed by atoms with Gasteiger partial charge in [-0.2, -0.15) is 0 Å². The van der Waals surface area contributed by atoms with Gasteiger partial charge in [-0.1, -0.05) is 37.0 Å². The highest BCUT2D eigenvalue weighted by Gasteiger charge is 2.00. The predicted molar refractivity (Wildman–Crippen MR) is 103 cm³/mol. The van der Waals surface area contributed by atoms with Crippen LogP contribution in [0.5, 0.6) is 0 Å². The number of hydrogen-bond acceptors (Lipinski definition) is 2. The van der Waals surface area contributed by atoms with Crippen molar-refractivity contribution in [1.29, 1.82) is 0 Å². The topological polar surface area (TPSA) is 0 Å². The van der Waals surface area contributed by atoms with Gasteiger partial charge in [0.15, 0.2) is 0 Å². The SMILES string of the molecule is CCCCC#Cc1ccc(C#Cc2cc3sccc3s2)c(C)c1. The molecule has 114 valence electrons. The summed E-state index contributed by atoms with van der Waals surface area (Å²) >= 11 is 3.54. The first-order valence-corrected chi connectivity index (χ1v) is 9.54. The number of aryl methyl sites for hydroxylation is 1. The lowest BCUT2D eigenvalue weighted by atomic mass is 10.1. The molecule has 0 fully saturated rings. The second-order valence-corrected chi connectivity index (χ2v) is 7.48. The summed E-state index contributed by atoms with van der Waals surface area (Å²) < 4.78 is 2.66. The zero-order chi connectivity index (χ0) is 16.1. The molecule has 0 aliphatic carbocycles. The number of thiophene rings is 2. The van der Waals surface area contributed by atoms with Crippen molar-refractivity contribution in [1.82, 2.24) is 0 Å². The molecule has 0 aliphatic heterocycles. The monoisotopic (exact) mass is 334 g/mol. The molecule has 0 nitrogen and oxygen atoms in total. The molecular weight excluding hydrogens is 316 g/mol. The van der Waals surface area contributed by atoms with E-state index in [1.165, 1.54) is 27.8 Å². The summed E-state index contributed by atoms with van der Waals surface area (Å²) in [6.07, 6.45) is 3.35. The van der Waals surface area contributed by atoms with Crippen LogP contribution in [-0.4, -0.2) is 0 Å². The van der Waals surface area contributed by atoms with Gasteiger partial charge in [0.1, 0.15) is 0 Å². The van der Waals surface area contributed by atoms with Crippen molar-refractivity contribution >= 4 is 32.1 Å². The van der Waals surface area contributed by atoms with Gasteiger partial charge in [0, 0.05) is 26.9 Å². The van der Waals surface area contributed by atoms with Crippen LogP contribution in [-0.2, 0) is 0 Å². The van der Waals surface area contributed by atoms with E-state index in [0.717, 1.165) is 22.4 Å². The molecule has 3 rings (SSSR count). The Bertz CT molecular complexity index is 904. The summed E-state index contributed by atoms with van der Waals surface area (Å²) in [5.41, 5.74) is 3.36. The highest BCUT2D eigenvalue weighted by atomic mass is 32.1. The third-order valence-electron chi connectivity index (χ3n) is 3.57. The van der Waals surface area contributed by atoms with Crippen LogP contribution < -0.4 is 0 Å². The van der Waals surface area contributed by atoms with Crippen LogP contribution in [0.15, 0.2) is 35.7 Å². The van der Waals surface area contributed by atoms with E-state index in [9.17, 15) is 0 Å². The van der Waals surface area contributed by atoms with Gasteiger partial charge in [-0.05, 0) is 54.6 Å². The van der Waals surface area contributed by atoms with E-state index in [0.29, 0.717) is 0 Å². The standard InChI is InChI=1S/C21H18S2/c1-3-4-5-6-7-17-8-9-18(16(2)14-17)10-11-19-15-21-20(23-19)12-13-22-21/h8-9,12-15H,3-5H2,1-2H3. The number of fused-ring (bicyclic) bond motifs is 1. The van der Waals surface area contributed by atoms with E-state index >= 15 is 0 Å². The fourth-order valence-corrected chi connectivity index (χ4v) is 4.23. The molecule has 23 heavy (non-hydrogen) atoms. The molecule has 0 saturated heterocycles. The highest BCUT2D eigenvalue weighted by molar-refractivity contribution is 7.27. The quantitative estimate of drug-likeness (QED) is 0.386. The van der Waals surface area contributed by atoms with Crippen LogP contribution in [0.1, 0.15) is 47.8 Å². The molecule has 0 aliphatic rings. The van der Waals surface area contributed by atoms with Gasteiger partial charge in [-0.3, -0.25) is 0 Å². The van der Waals surface area contributed by atoms with E-state index in [2.05, 4.69) is 73.2 Å². The first-order valence-electron chi connectivity index (χ1n) is 7.85. The van der Waals surface area contributed by atoms with Gasteiger partial charge in [-0.25, -0.2) is 0 Å². The van der Waals surface area contributed by atoms with Gasteiger partial charge in [-0.15, -0.1) is 22.7 Å². The van der Waals surface area contributed by atoms with Crippen LogP contribution in [0.25, 0.3) is 9.40 Å². The Morgan fingerprint density at radius 3 is 2.70 bits per heavy atom. The van der Waals surface area contributed by atoms with E-state index in [-0.39, 0.29) is 0 Å². The summed E-state index contributed by atoms with van der Waals surface area (Å²) in [5, 5.41) is 2.13. The second kappa shape index (κ2) is 7.51. The maximum Gasteiger partial charge on any atom is 0.0793 e. The zero-order valence-electron chi connectivity index (χ0n) is 13.4. The summed E-state index contributed by atoms with van der Waals surface area (Å²) in [7, 11) is 0. The third-order valence-corrected chi connectivity index (χ3v) is 5.58. The lowest BCUT2D eigenvalue weighted by Crippen LogP contribution is -1.84. The van der Waals surface area contributed by atoms with Crippen LogP contribution in [0, 0.1) is 30.6 Å². The van der Waals surface area contributed by atoms with E-state index < -0.39 is 0 Å². The smallest absolute Gasteiger partial charge is 0.0793 e. The number of rotatable bonds is 2. The first-order chi connectivity index (χ1) is 11.3. The molecule has 2 heterocycles. The molecule has 0 unspecified atom stereocenters. The number of unbranched alkanes of at least 4 members (excludes halogenated alkanes) is 2. The van der Waals surface area contributed by atoms with Crippen molar-refractivity contribution in [2.45, 2.75) is 33.1 Å². The summed E-state index contributed by atoms with van der Waals surface area (Å²) in [6, 6.07) is 10.6. The fourth-order valence-electron chi connectivity index (χ4n) is 2.27. The van der Waals surface area contributed by atoms with Crippen molar-refractivity contribution in [3.05, 3.63) is 57.3 Å². The average Bonchev–Trinajstić information content (AvgIpc) is 3.12. The fraction of sp³-hybridized carbons (Fsp3) is 0.238. The van der Waals surface area contributed by atoms with Crippen LogP contribution in [0.2, 0.25) is 0 Å². The molecular formula is C21H18S2. The van der Waals surface area contributed by atoms with Gasteiger partial charge < -0.3 is 0 Å². The van der Waals surface area contributed by atoms with Crippen molar-refractivity contribution < 1.29 is 0 Å². The Labute approximate surface area is 146 Å². The van der Waals surface area contributed by atoms with Crippen LogP contribution in [0.3, 0.4) is 0 Å². The molecule has 0 radical (unpaired) electrons. The summed E-state index contributed by atoms with van der Waals surface area (Å²) in [6.45, 7) is 4.30. The van der Waals surface area contributed by atoms with Crippen molar-refractivity contribution in [2.75, 3.05) is 0 Å². The largest absolute Gasteiger partial charge is 0.143 e. The van der Waals surface area contributed by atoms with Gasteiger partial charge >= 0.3 is 0 Å². The summed E-state index contributed by atoms with van der Waals surface area (Å²) in [5.74, 6) is 13.1. The highest BCUT2D eigenvalue weighted by Crippen LogP contribution is 2.29. The van der Waals surface area contributed by atoms with E-state index in [1.807, 2.05) is 0 Å². The first kappa shape index (κ1) is 15.9. The lowest BCUT2D eigenvalue weighted by Gasteiger charge is -1.98. The molecule has 0 spiro atoms. The van der Waals surface area contributed by atoms with Crippen molar-refractivity contribution in [3.8, 4) is 23.7 Å². The Hall–Kier alpha value is -2.00. The van der Waals surface area contributed by atoms with E-state index in [1.54, 1.807) is 22.7 Å². The van der Waals surface area contributed by atoms with Crippen molar-refractivity contribution in [2.24, 2.45) is 0 Å². The van der Waals surface area contributed by atoms with Gasteiger partial charge in [0.25, 0.3) is 0 Å². The summed E-state index contributed by atoms with van der Waals surface area (Å²) in [4.78, 5) is 1.13. The molecule has 2 aromatic heterocycles. The molecule has 0 saturated carbocycles. The zero-order valence-corrected chi connectivity index (χ0v) is 15.0. The van der Waals surface area contributed by atoms with Crippen LogP contribution >= 0.6 is 22.7 Å². The maximum atomic E-state index is 3.30. The minimum absolute atomic E-state index is 0.979. The normalized spacial score (nSPS) is 10.0. The van der Waals surface area contributed by atoms with Crippen LogP contribution in [0.4, 0.5) is 0 Å². The van der Waals surface area contributed by atoms with Gasteiger partial charge in [0.05, 0.1) is 4.88 Å². The van der Waals surface area contributed by atoms with Crippen molar-refractivity contribution in [3.63, 3.8) is 0 Å². The second-order valence-electron chi connectivity index (χ2n) is 5.44. The predicted octanol–water partition coefficient (Wildman–Crippen LogP) is 6.21. The molecule has 0 bridgehead atoms. The molecule has 0 N–H and O–H groups in total. The Kier molecular flexibility index (Phi) is 5.19. The average molecular weight is 335 g/mol. The Morgan fingerprint density at radius 1 is 1.00 bits per heavy atom. The molecule has 0 atom stereocenters. The molecule has 3 aromatic rings. The third kappa shape index (κ3) is 4.05. The minimum Gasteiger partial charge on any atom is -0.143 e. The number of hydrogen-bond donors (Lipinski definition) is 0. The molecule has 1 aromatic carbocycles. The lowest BCUT2D eigenvalue weighted by molar-refractivity contribution is 0.828.